The molecule has 2 aromatic carbocycles. The highest BCUT2D eigenvalue weighted by atomic mass is 79.9. The van der Waals surface area contributed by atoms with E-state index in [0.717, 1.165) is 0 Å². The molecule has 0 unspecified atom stereocenters. The van der Waals surface area contributed by atoms with Gasteiger partial charge >= 0.3 is 0 Å². The molecular formula is C13H9BrClFN2O. The minimum absolute atomic E-state index is 0.301. The number of carbonyl (C=O) groups is 1. The number of halogens is 3. The van der Waals surface area contributed by atoms with Crippen LogP contribution in [0.1, 0.15) is 10.4 Å². The number of hydrogen-bond acceptors (Lipinski definition) is 2. The zero-order valence-corrected chi connectivity index (χ0v) is 11.9. The van der Waals surface area contributed by atoms with E-state index in [1.165, 1.54) is 18.2 Å². The zero-order valence-electron chi connectivity index (χ0n) is 9.58. The van der Waals surface area contributed by atoms with Gasteiger partial charge in [-0.2, -0.15) is 0 Å². The highest BCUT2D eigenvalue weighted by Gasteiger charge is 2.09. The van der Waals surface area contributed by atoms with Crippen molar-refractivity contribution < 1.29 is 9.18 Å². The monoisotopic (exact) mass is 342 g/mol. The Kier molecular flexibility index (Phi) is 4.07. The van der Waals surface area contributed by atoms with E-state index in [2.05, 4.69) is 21.2 Å². The van der Waals surface area contributed by atoms with Gasteiger partial charge in [-0.15, -0.1) is 0 Å². The van der Waals surface area contributed by atoms with E-state index >= 15 is 0 Å². The summed E-state index contributed by atoms with van der Waals surface area (Å²) in [6, 6.07) is 8.87. The summed E-state index contributed by atoms with van der Waals surface area (Å²) >= 11 is 8.87. The van der Waals surface area contributed by atoms with Gasteiger partial charge in [0.25, 0.3) is 5.91 Å². The smallest absolute Gasteiger partial charge is 0.255 e. The third kappa shape index (κ3) is 3.24. The van der Waals surface area contributed by atoms with Gasteiger partial charge in [-0.25, -0.2) is 4.39 Å². The van der Waals surface area contributed by atoms with E-state index in [4.69, 9.17) is 17.3 Å². The van der Waals surface area contributed by atoms with Gasteiger partial charge in [-0.1, -0.05) is 11.6 Å². The molecule has 0 heterocycles. The van der Waals surface area contributed by atoms with Crippen molar-refractivity contribution in [3.8, 4) is 0 Å². The largest absolute Gasteiger partial charge is 0.398 e. The Morgan fingerprint density at radius 1 is 1.26 bits per heavy atom. The highest BCUT2D eigenvalue weighted by Crippen LogP contribution is 2.22. The number of anilines is 2. The van der Waals surface area contributed by atoms with Crippen LogP contribution in [0.2, 0.25) is 5.02 Å². The minimum Gasteiger partial charge on any atom is -0.398 e. The quantitative estimate of drug-likeness (QED) is 0.807. The van der Waals surface area contributed by atoms with Crippen molar-refractivity contribution >= 4 is 44.8 Å². The van der Waals surface area contributed by atoms with Crippen LogP contribution in [0.4, 0.5) is 15.8 Å². The Balaban J connectivity index is 2.20. The predicted octanol–water partition coefficient (Wildman–Crippen LogP) is 4.08. The first kappa shape index (κ1) is 13.8. The van der Waals surface area contributed by atoms with Crippen molar-refractivity contribution in [3.63, 3.8) is 0 Å². The molecule has 0 saturated carbocycles. The average Bonchev–Trinajstić information content (AvgIpc) is 2.37. The fraction of sp³-hybridized carbons (Fsp3) is 0. The molecule has 0 saturated heterocycles. The molecule has 2 rings (SSSR count). The molecule has 1 amide bonds. The fourth-order valence-corrected chi connectivity index (χ4v) is 1.87. The summed E-state index contributed by atoms with van der Waals surface area (Å²) in [6.45, 7) is 0. The lowest BCUT2D eigenvalue weighted by Crippen LogP contribution is -2.12. The van der Waals surface area contributed by atoms with E-state index in [-0.39, 0.29) is 5.91 Å². The topological polar surface area (TPSA) is 55.1 Å². The molecule has 0 bridgehead atoms. The molecule has 0 spiro atoms. The SMILES string of the molecule is Nc1ccc(C(=O)Nc2ccc(Br)c(F)c2)cc1Cl. The van der Waals surface area contributed by atoms with Crippen LogP contribution in [-0.2, 0) is 0 Å². The molecule has 19 heavy (non-hydrogen) atoms. The van der Waals surface area contributed by atoms with Crippen LogP contribution in [0.15, 0.2) is 40.9 Å². The van der Waals surface area contributed by atoms with Gasteiger partial charge in [-0.05, 0) is 52.3 Å². The third-order valence-electron chi connectivity index (χ3n) is 2.44. The van der Waals surface area contributed by atoms with Crippen molar-refractivity contribution in [3.05, 3.63) is 57.3 Å². The molecule has 0 fully saturated rings. The van der Waals surface area contributed by atoms with E-state index in [9.17, 15) is 9.18 Å². The summed E-state index contributed by atoms with van der Waals surface area (Å²) in [5, 5.41) is 2.87. The number of nitrogen functional groups attached to an aromatic ring is 1. The van der Waals surface area contributed by atoms with Crippen LogP contribution in [0, 0.1) is 5.82 Å². The molecule has 0 aliphatic rings. The maximum atomic E-state index is 13.3. The van der Waals surface area contributed by atoms with Crippen molar-refractivity contribution in [2.24, 2.45) is 0 Å². The summed E-state index contributed by atoms with van der Waals surface area (Å²) in [7, 11) is 0. The second-order valence-corrected chi connectivity index (χ2v) is 5.08. The second kappa shape index (κ2) is 5.59. The van der Waals surface area contributed by atoms with Crippen LogP contribution in [-0.4, -0.2) is 5.91 Å². The lowest BCUT2D eigenvalue weighted by Gasteiger charge is -2.07. The Hall–Kier alpha value is -1.59. The number of benzene rings is 2. The summed E-state index contributed by atoms with van der Waals surface area (Å²) in [6.07, 6.45) is 0. The number of rotatable bonds is 2. The van der Waals surface area contributed by atoms with Crippen LogP contribution >= 0.6 is 27.5 Å². The number of carbonyl (C=O) groups excluding carboxylic acids is 1. The standard InChI is InChI=1S/C13H9BrClFN2O/c14-9-3-2-8(6-11(9)16)18-13(19)7-1-4-12(17)10(15)5-7/h1-6H,17H2,(H,18,19). The Morgan fingerprint density at radius 3 is 2.63 bits per heavy atom. The Morgan fingerprint density at radius 2 is 2.00 bits per heavy atom. The van der Waals surface area contributed by atoms with Crippen molar-refractivity contribution in [1.29, 1.82) is 0 Å². The summed E-state index contributed by atoms with van der Waals surface area (Å²) < 4.78 is 13.6. The van der Waals surface area contributed by atoms with E-state index < -0.39 is 5.82 Å². The molecule has 0 aliphatic carbocycles. The number of hydrogen-bond donors (Lipinski definition) is 2. The van der Waals surface area contributed by atoms with Gasteiger partial charge in [0.15, 0.2) is 0 Å². The van der Waals surface area contributed by atoms with Gasteiger partial charge in [-0.3, -0.25) is 4.79 Å². The average molecular weight is 344 g/mol. The summed E-state index contributed by atoms with van der Waals surface area (Å²) in [5.41, 5.74) is 6.67. The molecule has 3 N–H and O–H groups in total. The number of nitrogens with two attached hydrogens (primary N) is 1. The molecule has 0 radical (unpaired) electrons. The Bertz CT molecular complexity index is 649. The van der Waals surface area contributed by atoms with Crippen molar-refractivity contribution in [2.75, 3.05) is 11.1 Å². The molecule has 0 atom stereocenters. The molecular weight excluding hydrogens is 335 g/mol. The molecule has 0 aliphatic heterocycles. The summed E-state index contributed by atoms with van der Waals surface area (Å²) in [4.78, 5) is 11.9. The van der Waals surface area contributed by atoms with Crippen molar-refractivity contribution in [1.82, 2.24) is 0 Å². The number of amides is 1. The van der Waals surface area contributed by atoms with Gasteiger partial charge < -0.3 is 11.1 Å². The molecule has 6 heteroatoms. The second-order valence-electron chi connectivity index (χ2n) is 3.82. The maximum Gasteiger partial charge on any atom is 0.255 e. The lowest BCUT2D eigenvalue weighted by molar-refractivity contribution is 0.102. The molecule has 2 aromatic rings. The number of nitrogens with one attached hydrogen (secondary N) is 1. The molecule has 98 valence electrons. The lowest BCUT2D eigenvalue weighted by atomic mass is 10.2. The first-order valence-electron chi connectivity index (χ1n) is 5.29. The van der Waals surface area contributed by atoms with Crippen LogP contribution in [0.25, 0.3) is 0 Å². The van der Waals surface area contributed by atoms with Gasteiger partial charge in [0.1, 0.15) is 5.82 Å². The van der Waals surface area contributed by atoms with E-state index in [0.29, 0.717) is 26.4 Å². The fourth-order valence-electron chi connectivity index (χ4n) is 1.45. The predicted molar refractivity (Wildman–Crippen MR) is 77.9 cm³/mol. The zero-order chi connectivity index (χ0) is 14.0. The Labute approximate surface area is 122 Å². The van der Waals surface area contributed by atoms with Crippen LogP contribution < -0.4 is 11.1 Å². The van der Waals surface area contributed by atoms with Crippen LogP contribution in [0.3, 0.4) is 0 Å². The minimum atomic E-state index is -0.451. The van der Waals surface area contributed by atoms with Crippen LogP contribution in [0.5, 0.6) is 0 Å². The highest BCUT2D eigenvalue weighted by molar-refractivity contribution is 9.10. The normalized spacial score (nSPS) is 10.3. The third-order valence-corrected chi connectivity index (χ3v) is 3.41. The molecule has 0 aromatic heterocycles. The van der Waals surface area contributed by atoms with E-state index in [1.54, 1.807) is 18.2 Å². The van der Waals surface area contributed by atoms with Gasteiger partial charge in [0.2, 0.25) is 0 Å². The van der Waals surface area contributed by atoms with Gasteiger partial charge in [0.05, 0.1) is 15.2 Å². The van der Waals surface area contributed by atoms with Gasteiger partial charge in [0, 0.05) is 11.3 Å². The van der Waals surface area contributed by atoms with Crippen molar-refractivity contribution in [2.45, 2.75) is 0 Å². The van der Waals surface area contributed by atoms with E-state index in [1.807, 2.05) is 0 Å². The first-order chi connectivity index (χ1) is 8.97. The molecule has 3 nitrogen and oxygen atoms in total. The summed E-state index contributed by atoms with van der Waals surface area (Å²) in [5.74, 6) is -0.836. The first-order valence-corrected chi connectivity index (χ1v) is 6.46. The maximum absolute atomic E-state index is 13.3.